The number of hydrogen-bond acceptors (Lipinski definition) is 1. The van der Waals surface area contributed by atoms with Gasteiger partial charge in [0.1, 0.15) is 0 Å². The van der Waals surface area contributed by atoms with Crippen LogP contribution < -0.4 is 5.32 Å². The Kier molecular flexibility index (Phi) is 2.93. The molecular formula is C13H12N2O. The number of benzene rings is 1. The van der Waals surface area contributed by atoms with Gasteiger partial charge in [0, 0.05) is 17.1 Å². The van der Waals surface area contributed by atoms with Crippen molar-refractivity contribution in [1.82, 2.24) is 10.3 Å². The van der Waals surface area contributed by atoms with Gasteiger partial charge in [0.25, 0.3) is 5.91 Å². The Balaban J connectivity index is 2.25. The number of nitrogens with one attached hydrogen (secondary N) is 2. The van der Waals surface area contributed by atoms with Gasteiger partial charge in [0.15, 0.2) is 0 Å². The van der Waals surface area contributed by atoms with Crippen molar-refractivity contribution in [3.8, 4) is 11.8 Å². The van der Waals surface area contributed by atoms with Crippen molar-refractivity contribution < 1.29 is 4.79 Å². The molecule has 0 aliphatic carbocycles. The third-order valence-electron chi connectivity index (χ3n) is 2.35. The molecule has 3 heteroatoms. The van der Waals surface area contributed by atoms with E-state index in [1.165, 1.54) is 0 Å². The Morgan fingerprint density at radius 2 is 2.25 bits per heavy atom. The van der Waals surface area contributed by atoms with E-state index in [-0.39, 0.29) is 5.91 Å². The van der Waals surface area contributed by atoms with Crippen LogP contribution in [0, 0.1) is 11.8 Å². The standard InChI is InChI=1S/C13H12N2O/c1-2-3-8-14-13(16)11-9-15-12-7-5-4-6-10(11)12/h4-7,9,15H,8H2,1H3,(H,14,16). The van der Waals surface area contributed by atoms with E-state index in [0.29, 0.717) is 12.1 Å². The van der Waals surface area contributed by atoms with E-state index in [1.54, 1.807) is 13.1 Å². The molecule has 1 aromatic carbocycles. The molecule has 0 spiro atoms. The van der Waals surface area contributed by atoms with Crippen LogP contribution in [-0.2, 0) is 0 Å². The monoisotopic (exact) mass is 212 g/mol. The van der Waals surface area contributed by atoms with Crippen LogP contribution in [0.2, 0.25) is 0 Å². The van der Waals surface area contributed by atoms with Crippen molar-refractivity contribution >= 4 is 16.8 Å². The van der Waals surface area contributed by atoms with Gasteiger partial charge >= 0.3 is 0 Å². The number of carbonyl (C=O) groups excluding carboxylic acids is 1. The second-order valence-electron chi connectivity index (χ2n) is 3.36. The summed E-state index contributed by atoms with van der Waals surface area (Å²) in [5.41, 5.74) is 1.63. The normalized spacial score (nSPS) is 9.56. The number of para-hydroxylation sites is 1. The van der Waals surface area contributed by atoms with Gasteiger partial charge in [-0.2, -0.15) is 0 Å². The number of aromatic nitrogens is 1. The quantitative estimate of drug-likeness (QED) is 0.734. The number of amides is 1. The number of rotatable bonds is 2. The zero-order chi connectivity index (χ0) is 11.4. The van der Waals surface area contributed by atoms with Crippen molar-refractivity contribution in [2.45, 2.75) is 6.92 Å². The summed E-state index contributed by atoms with van der Waals surface area (Å²) in [5, 5.41) is 3.68. The van der Waals surface area contributed by atoms with Crippen molar-refractivity contribution in [3.63, 3.8) is 0 Å². The number of hydrogen-bond donors (Lipinski definition) is 2. The molecular weight excluding hydrogens is 200 g/mol. The largest absolute Gasteiger partial charge is 0.360 e. The predicted octanol–water partition coefficient (Wildman–Crippen LogP) is 1.92. The van der Waals surface area contributed by atoms with Crippen molar-refractivity contribution in [1.29, 1.82) is 0 Å². The van der Waals surface area contributed by atoms with Crippen LogP contribution >= 0.6 is 0 Å². The number of fused-ring (bicyclic) bond motifs is 1. The van der Waals surface area contributed by atoms with E-state index >= 15 is 0 Å². The molecule has 1 heterocycles. The highest BCUT2D eigenvalue weighted by molar-refractivity contribution is 6.06. The smallest absolute Gasteiger partial charge is 0.254 e. The fourth-order valence-electron chi connectivity index (χ4n) is 1.57. The van der Waals surface area contributed by atoms with Gasteiger partial charge in [-0.05, 0) is 13.0 Å². The van der Waals surface area contributed by atoms with Gasteiger partial charge < -0.3 is 10.3 Å². The molecule has 0 aliphatic heterocycles. The van der Waals surface area contributed by atoms with E-state index in [4.69, 9.17) is 0 Å². The SMILES string of the molecule is CC#CCNC(=O)c1c[nH]c2ccccc12. The topological polar surface area (TPSA) is 44.9 Å². The van der Waals surface area contributed by atoms with Gasteiger partial charge in [-0.15, -0.1) is 5.92 Å². The van der Waals surface area contributed by atoms with Crippen LogP contribution in [0.25, 0.3) is 10.9 Å². The first-order valence-electron chi connectivity index (χ1n) is 5.07. The maximum Gasteiger partial charge on any atom is 0.254 e. The lowest BCUT2D eigenvalue weighted by Gasteiger charge is -1.99. The van der Waals surface area contributed by atoms with Gasteiger partial charge in [-0.1, -0.05) is 24.1 Å². The molecule has 0 atom stereocenters. The van der Waals surface area contributed by atoms with E-state index in [2.05, 4.69) is 22.1 Å². The van der Waals surface area contributed by atoms with Crippen LogP contribution in [0.5, 0.6) is 0 Å². The third-order valence-corrected chi connectivity index (χ3v) is 2.35. The Bertz CT molecular complexity index is 572. The van der Waals surface area contributed by atoms with Crippen molar-refractivity contribution in [2.24, 2.45) is 0 Å². The van der Waals surface area contributed by atoms with E-state index in [0.717, 1.165) is 10.9 Å². The highest BCUT2D eigenvalue weighted by Crippen LogP contribution is 2.17. The van der Waals surface area contributed by atoms with Gasteiger partial charge in [0.2, 0.25) is 0 Å². The van der Waals surface area contributed by atoms with Crippen LogP contribution in [-0.4, -0.2) is 17.4 Å². The zero-order valence-corrected chi connectivity index (χ0v) is 9.00. The van der Waals surface area contributed by atoms with Crippen LogP contribution in [0.15, 0.2) is 30.5 Å². The molecule has 0 radical (unpaired) electrons. The molecule has 0 saturated carbocycles. The van der Waals surface area contributed by atoms with Gasteiger partial charge in [0.05, 0.1) is 12.1 Å². The average Bonchev–Trinajstić information content (AvgIpc) is 2.73. The van der Waals surface area contributed by atoms with Crippen molar-refractivity contribution in [3.05, 3.63) is 36.0 Å². The fraction of sp³-hybridized carbons (Fsp3) is 0.154. The summed E-state index contributed by atoms with van der Waals surface area (Å²) in [5.74, 6) is 5.43. The molecule has 0 aliphatic rings. The van der Waals surface area contributed by atoms with Crippen LogP contribution in [0.1, 0.15) is 17.3 Å². The summed E-state index contributed by atoms with van der Waals surface area (Å²) in [6, 6.07) is 7.71. The molecule has 2 rings (SSSR count). The van der Waals surface area contributed by atoms with E-state index in [1.807, 2.05) is 24.3 Å². The van der Waals surface area contributed by atoms with Crippen molar-refractivity contribution in [2.75, 3.05) is 6.54 Å². The number of H-pyrrole nitrogens is 1. The Morgan fingerprint density at radius 1 is 1.44 bits per heavy atom. The lowest BCUT2D eigenvalue weighted by molar-refractivity contribution is 0.0960. The average molecular weight is 212 g/mol. The first-order valence-corrected chi connectivity index (χ1v) is 5.07. The lowest BCUT2D eigenvalue weighted by Crippen LogP contribution is -2.23. The Hall–Kier alpha value is -2.21. The maximum atomic E-state index is 11.8. The molecule has 1 aromatic heterocycles. The first kappa shape index (κ1) is 10.3. The highest BCUT2D eigenvalue weighted by atomic mass is 16.1. The Morgan fingerprint density at radius 3 is 3.06 bits per heavy atom. The Labute approximate surface area is 93.9 Å². The minimum atomic E-state index is -0.0970. The van der Waals surface area contributed by atoms with Crippen LogP contribution in [0.4, 0.5) is 0 Å². The molecule has 0 unspecified atom stereocenters. The summed E-state index contributed by atoms with van der Waals surface area (Å²) in [6.45, 7) is 2.13. The first-order chi connectivity index (χ1) is 7.83. The minimum Gasteiger partial charge on any atom is -0.360 e. The summed E-state index contributed by atoms with van der Waals surface area (Å²) in [6.07, 6.45) is 1.72. The van der Waals surface area contributed by atoms with E-state index < -0.39 is 0 Å². The molecule has 16 heavy (non-hydrogen) atoms. The molecule has 0 bridgehead atoms. The molecule has 80 valence electrons. The molecule has 0 saturated heterocycles. The van der Waals surface area contributed by atoms with E-state index in [9.17, 15) is 4.79 Å². The summed E-state index contributed by atoms with van der Waals surface area (Å²) in [4.78, 5) is 14.9. The molecule has 0 fully saturated rings. The molecule has 2 aromatic rings. The summed E-state index contributed by atoms with van der Waals surface area (Å²) in [7, 11) is 0. The molecule has 3 nitrogen and oxygen atoms in total. The van der Waals surface area contributed by atoms with Crippen LogP contribution in [0.3, 0.4) is 0 Å². The highest BCUT2D eigenvalue weighted by Gasteiger charge is 2.09. The van der Waals surface area contributed by atoms with Gasteiger partial charge in [-0.3, -0.25) is 4.79 Å². The fourth-order valence-corrected chi connectivity index (χ4v) is 1.57. The molecule has 1 amide bonds. The summed E-state index contributed by atoms with van der Waals surface area (Å²) >= 11 is 0. The molecule has 2 N–H and O–H groups in total. The second-order valence-corrected chi connectivity index (χ2v) is 3.36. The number of carbonyl (C=O) groups is 1. The summed E-state index contributed by atoms with van der Waals surface area (Å²) < 4.78 is 0. The second kappa shape index (κ2) is 4.54. The predicted molar refractivity (Wildman–Crippen MR) is 64.1 cm³/mol. The zero-order valence-electron chi connectivity index (χ0n) is 9.00. The third kappa shape index (κ3) is 1.91. The lowest BCUT2D eigenvalue weighted by atomic mass is 10.1. The minimum absolute atomic E-state index is 0.0970. The number of aromatic amines is 1. The maximum absolute atomic E-state index is 11.8. The van der Waals surface area contributed by atoms with Gasteiger partial charge in [-0.25, -0.2) is 0 Å².